The Morgan fingerprint density at radius 3 is 2.53 bits per heavy atom. The van der Waals surface area contributed by atoms with Gasteiger partial charge in [0.25, 0.3) is 0 Å². The molecule has 0 radical (unpaired) electrons. The van der Waals surface area contributed by atoms with E-state index >= 15 is 0 Å². The normalized spacial score (nSPS) is 10.4. The van der Waals surface area contributed by atoms with E-state index in [2.05, 4.69) is 42.2 Å². The van der Waals surface area contributed by atoms with Crippen molar-refractivity contribution < 1.29 is 0 Å². The maximum Gasteiger partial charge on any atom is 0.0426 e. The smallest absolute Gasteiger partial charge is 0.0426 e. The van der Waals surface area contributed by atoms with Crippen LogP contribution in [0, 0.1) is 0 Å². The fourth-order valence-electron chi connectivity index (χ4n) is 1.93. The molecular formula is C16H18ClNS. The summed E-state index contributed by atoms with van der Waals surface area (Å²) in [6.45, 7) is 4.19. The molecule has 0 amide bonds. The quantitative estimate of drug-likeness (QED) is 0.692. The Morgan fingerprint density at radius 2 is 1.84 bits per heavy atom. The Balaban J connectivity index is 1.89. The van der Waals surface area contributed by atoms with Crippen molar-refractivity contribution in [1.82, 2.24) is 0 Å². The number of anilines is 1. The first-order valence-corrected chi connectivity index (χ1v) is 7.84. The van der Waals surface area contributed by atoms with Gasteiger partial charge < -0.3 is 4.90 Å². The standard InChI is InChI=1S/C16H18ClNS/c1-2-18(15-8-6-7-14(17)13-15)11-12-19-16-9-4-3-5-10-16/h3-10,13H,2,11-12H2,1H3. The third-order valence-corrected chi connectivity index (χ3v) is 4.16. The van der Waals surface area contributed by atoms with Crippen molar-refractivity contribution in [3.63, 3.8) is 0 Å². The maximum atomic E-state index is 6.04. The van der Waals surface area contributed by atoms with Gasteiger partial charge in [0.05, 0.1) is 0 Å². The van der Waals surface area contributed by atoms with E-state index in [0.717, 1.165) is 23.9 Å². The maximum absolute atomic E-state index is 6.04. The van der Waals surface area contributed by atoms with E-state index in [1.54, 1.807) is 0 Å². The zero-order valence-corrected chi connectivity index (χ0v) is 12.6. The highest BCUT2D eigenvalue weighted by Crippen LogP contribution is 2.21. The van der Waals surface area contributed by atoms with E-state index < -0.39 is 0 Å². The second-order valence-electron chi connectivity index (χ2n) is 4.22. The van der Waals surface area contributed by atoms with Crippen molar-refractivity contribution in [1.29, 1.82) is 0 Å². The monoisotopic (exact) mass is 291 g/mol. The molecule has 0 aromatic heterocycles. The van der Waals surface area contributed by atoms with Crippen LogP contribution in [-0.4, -0.2) is 18.8 Å². The third-order valence-electron chi connectivity index (χ3n) is 2.93. The van der Waals surface area contributed by atoms with E-state index in [1.807, 2.05) is 36.0 Å². The third kappa shape index (κ3) is 4.48. The van der Waals surface area contributed by atoms with Crippen LogP contribution in [0.3, 0.4) is 0 Å². The van der Waals surface area contributed by atoms with Crippen LogP contribution < -0.4 is 4.90 Å². The van der Waals surface area contributed by atoms with Crippen LogP contribution in [0.2, 0.25) is 5.02 Å². The summed E-state index contributed by atoms with van der Waals surface area (Å²) in [6.07, 6.45) is 0. The minimum absolute atomic E-state index is 0.798. The number of benzene rings is 2. The molecule has 0 aliphatic carbocycles. The molecule has 0 atom stereocenters. The van der Waals surface area contributed by atoms with E-state index in [9.17, 15) is 0 Å². The lowest BCUT2D eigenvalue weighted by atomic mass is 10.3. The first kappa shape index (κ1) is 14.3. The molecule has 1 nitrogen and oxygen atoms in total. The Hall–Kier alpha value is -1.12. The average molecular weight is 292 g/mol. The molecule has 0 saturated carbocycles. The Kier molecular flexibility index (Phi) is 5.62. The molecule has 2 aromatic carbocycles. The molecule has 0 bridgehead atoms. The number of rotatable bonds is 6. The molecule has 0 heterocycles. The lowest BCUT2D eigenvalue weighted by Crippen LogP contribution is -2.25. The predicted molar refractivity (Wildman–Crippen MR) is 86.5 cm³/mol. The molecule has 0 unspecified atom stereocenters. The minimum Gasteiger partial charge on any atom is -0.371 e. The summed E-state index contributed by atoms with van der Waals surface area (Å²) in [5.74, 6) is 1.07. The van der Waals surface area contributed by atoms with Crippen molar-refractivity contribution in [3.05, 3.63) is 59.6 Å². The van der Waals surface area contributed by atoms with E-state index in [1.165, 1.54) is 10.6 Å². The number of thioether (sulfide) groups is 1. The number of hydrogen-bond donors (Lipinski definition) is 0. The van der Waals surface area contributed by atoms with Gasteiger partial charge in [-0.25, -0.2) is 0 Å². The number of nitrogens with zero attached hydrogens (tertiary/aromatic N) is 1. The SMILES string of the molecule is CCN(CCSc1ccccc1)c1cccc(Cl)c1. The van der Waals surface area contributed by atoms with Gasteiger partial charge in [0.2, 0.25) is 0 Å². The van der Waals surface area contributed by atoms with Crippen molar-refractivity contribution in [2.24, 2.45) is 0 Å². The predicted octanol–water partition coefficient (Wildman–Crippen LogP) is 4.96. The van der Waals surface area contributed by atoms with Crippen molar-refractivity contribution in [2.75, 3.05) is 23.7 Å². The molecule has 0 aliphatic rings. The zero-order valence-electron chi connectivity index (χ0n) is 11.1. The molecule has 2 rings (SSSR count). The fraction of sp³-hybridized carbons (Fsp3) is 0.250. The summed E-state index contributed by atoms with van der Waals surface area (Å²) in [5, 5.41) is 0.798. The van der Waals surface area contributed by atoms with Gasteiger partial charge in [0.15, 0.2) is 0 Å². The van der Waals surface area contributed by atoms with Crippen LogP contribution in [-0.2, 0) is 0 Å². The van der Waals surface area contributed by atoms with Gasteiger partial charge in [0.1, 0.15) is 0 Å². The van der Waals surface area contributed by atoms with Gasteiger partial charge in [-0.3, -0.25) is 0 Å². The number of halogens is 1. The van der Waals surface area contributed by atoms with Gasteiger partial charge in [-0.1, -0.05) is 35.9 Å². The van der Waals surface area contributed by atoms with Crippen molar-refractivity contribution in [3.8, 4) is 0 Å². The molecule has 100 valence electrons. The molecule has 0 saturated heterocycles. The van der Waals surface area contributed by atoms with Crippen molar-refractivity contribution in [2.45, 2.75) is 11.8 Å². The summed E-state index contributed by atoms with van der Waals surface area (Å²) < 4.78 is 0. The summed E-state index contributed by atoms with van der Waals surface area (Å²) in [6, 6.07) is 18.6. The van der Waals surface area contributed by atoms with Gasteiger partial charge in [-0.15, -0.1) is 11.8 Å². The first-order valence-electron chi connectivity index (χ1n) is 6.48. The topological polar surface area (TPSA) is 3.24 Å². The Bertz CT molecular complexity index is 501. The van der Waals surface area contributed by atoms with Gasteiger partial charge in [-0.2, -0.15) is 0 Å². The van der Waals surface area contributed by atoms with Gasteiger partial charge in [0, 0.05) is 34.4 Å². The van der Waals surface area contributed by atoms with Crippen LogP contribution in [0.15, 0.2) is 59.5 Å². The zero-order chi connectivity index (χ0) is 13.5. The molecule has 0 fully saturated rings. The van der Waals surface area contributed by atoms with Crippen LogP contribution >= 0.6 is 23.4 Å². The Labute approximate surface area is 124 Å². The molecule has 0 N–H and O–H groups in total. The summed E-state index contributed by atoms with van der Waals surface area (Å²) in [5.41, 5.74) is 1.20. The summed E-state index contributed by atoms with van der Waals surface area (Å²) >= 11 is 7.93. The highest BCUT2D eigenvalue weighted by Gasteiger charge is 2.04. The largest absolute Gasteiger partial charge is 0.371 e. The first-order chi connectivity index (χ1) is 9.29. The van der Waals surface area contributed by atoms with Gasteiger partial charge in [-0.05, 0) is 37.3 Å². The van der Waals surface area contributed by atoms with Crippen LogP contribution in [0.4, 0.5) is 5.69 Å². The molecule has 2 aromatic rings. The van der Waals surface area contributed by atoms with E-state index in [0.29, 0.717) is 0 Å². The lowest BCUT2D eigenvalue weighted by Gasteiger charge is -2.23. The number of hydrogen-bond acceptors (Lipinski definition) is 2. The molecule has 19 heavy (non-hydrogen) atoms. The van der Waals surface area contributed by atoms with Crippen LogP contribution in [0.1, 0.15) is 6.92 Å². The van der Waals surface area contributed by atoms with Crippen molar-refractivity contribution >= 4 is 29.1 Å². The minimum atomic E-state index is 0.798. The second-order valence-corrected chi connectivity index (χ2v) is 5.83. The summed E-state index contributed by atoms with van der Waals surface area (Å²) in [4.78, 5) is 3.67. The molecule has 0 spiro atoms. The lowest BCUT2D eigenvalue weighted by molar-refractivity contribution is 0.872. The summed E-state index contributed by atoms with van der Waals surface area (Å²) in [7, 11) is 0. The fourth-order valence-corrected chi connectivity index (χ4v) is 3.01. The van der Waals surface area contributed by atoms with E-state index in [4.69, 9.17) is 11.6 Å². The molecular weight excluding hydrogens is 274 g/mol. The highest BCUT2D eigenvalue weighted by molar-refractivity contribution is 7.99. The van der Waals surface area contributed by atoms with Crippen LogP contribution in [0.5, 0.6) is 0 Å². The molecule has 3 heteroatoms. The van der Waals surface area contributed by atoms with E-state index in [-0.39, 0.29) is 0 Å². The van der Waals surface area contributed by atoms with Crippen LogP contribution in [0.25, 0.3) is 0 Å². The van der Waals surface area contributed by atoms with Gasteiger partial charge >= 0.3 is 0 Å². The Morgan fingerprint density at radius 1 is 1.05 bits per heavy atom. The highest BCUT2D eigenvalue weighted by atomic mass is 35.5. The average Bonchev–Trinajstić information content (AvgIpc) is 2.45. The molecule has 0 aliphatic heterocycles. The second kappa shape index (κ2) is 7.46.